The fourth-order valence-corrected chi connectivity index (χ4v) is 1.97. The molecule has 2 heterocycles. The van der Waals surface area contributed by atoms with Gasteiger partial charge in [-0.15, -0.1) is 0 Å². The Balaban J connectivity index is 2.08. The quantitative estimate of drug-likeness (QED) is 0.821. The number of rotatable bonds is 2. The lowest BCUT2D eigenvalue weighted by Crippen LogP contribution is -2.28. The minimum atomic E-state index is 0.0968. The van der Waals surface area contributed by atoms with Gasteiger partial charge in [-0.2, -0.15) is 0 Å². The van der Waals surface area contributed by atoms with Crippen molar-refractivity contribution in [2.24, 2.45) is 5.92 Å². The fourth-order valence-electron chi connectivity index (χ4n) is 1.97. The molecule has 0 radical (unpaired) electrons. The Morgan fingerprint density at radius 2 is 2.38 bits per heavy atom. The third kappa shape index (κ3) is 2.15. The fraction of sp³-hybridized carbons (Fsp3) is 0.500. The molecule has 16 heavy (non-hydrogen) atoms. The number of likely N-dealkylation sites (tertiary alicyclic amines) is 1. The van der Waals surface area contributed by atoms with E-state index in [0.29, 0.717) is 11.5 Å². The maximum absolute atomic E-state index is 12.1. The first-order chi connectivity index (χ1) is 7.70. The third-order valence-corrected chi connectivity index (χ3v) is 2.98. The number of carbonyl (C=O) groups excluding carboxylic acids is 1. The first-order valence-electron chi connectivity index (χ1n) is 5.64. The van der Waals surface area contributed by atoms with E-state index in [-0.39, 0.29) is 5.91 Å². The van der Waals surface area contributed by atoms with Gasteiger partial charge in [-0.1, -0.05) is 6.92 Å². The lowest BCUT2D eigenvalue weighted by atomic mass is 10.2. The van der Waals surface area contributed by atoms with Crippen molar-refractivity contribution in [2.75, 3.05) is 25.5 Å². The number of hydrogen-bond acceptors (Lipinski definition) is 3. The molecule has 1 aromatic rings. The van der Waals surface area contributed by atoms with Gasteiger partial charge < -0.3 is 10.2 Å². The van der Waals surface area contributed by atoms with Crippen LogP contribution in [0.25, 0.3) is 0 Å². The summed E-state index contributed by atoms with van der Waals surface area (Å²) >= 11 is 0. The van der Waals surface area contributed by atoms with Gasteiger partial charge in [-0.05, 0) is 24.5 Å². The second-order valence-corrected chi connectivity index (χ2v) is 4.33. The first-order valence-corrected chi connectivity index (χ1v) is 5.64. The van der Waals surface area contributed by atoms with Crippen molar-refractivity contribution in [3.05, 3.63) is 23.9 Å². The van der Waals surface area contributed by atoms with Gasteiger partial charge in [0.05, 0.1) is 5.56 Å². The van der Waals surface area contributed by atoms with E-state index in [1.165, 1.54) is 0 Å². The van der Waals surface area contributed by atoms with Gasteiger partial charge in [0.2, 0.25) is 0 Å². The van der Waals surface area contributed by atoms with E-state index in [1.807, 2.05) is 24.1 Å². The number of nitrogens with one attached hydrogen (secondary N) is 1. The highest BCUT2D eigenvalue weighted by Crippen LogP contribution is 2.17. The highest BCUT2D eigenvalue weighted by molar-refractivity contribution is 5.94. The summed E-state index contributed by atoms with van der Waals surface area (Å²) in [5, 5.41) is 2.93. The van der Waals surface area contributed by atoms with Crippen LogP contribution < -0.4 is 5.32 Å². The molecular weight excluding hydrogens is 202 g/mol. The van der Waals surface area contributed by atoms with Crippen LogP contribution in [0, 0.1) is 5.92 Å². The Bertz CT molecular complexity index is 374. The summed E-state index contributed by atoms with van der Waals surface area (Å²) in [4.78, 5) is 18.1. The number of amides is 1. The van der Waals surface area contributed by atoms with Crippen LogP contribution in [0.1, 0.15) is 23.7 Å². The zero-order chi connectivity index (χ0) is 11.5. The van der Waals surface area contributed by atoms with Gasteiger partial charge in [-0.3, -0.25) is 4.79 Å². The predicted octanol–water partition coefficient (Wildman–Crippen LogP) is 1.61. The Morgan fingerprint density at radius 3 is 2.88 bits per heavy atom. The second-order valence-electron chi connectivity index (χ2n) is 4.33. The lowest BCUT2D eigenvalue weighted by molar-refractivity contribution is 0.0787. The van der Waals surface area contributed by atoms with Crippen LogP contribution in [-0.2, 0) is 0 Å². The number of pyridine rings is 1. The van der Waals surface area contributed by atoms with Gasteiger partial charge in [0.25, 0.3) is 5.91 Å². The van der Waals surface area contributed by atoms with E-state index < -0.39 is 0 Å². The van der Waals surface area contributed by atoms with Crippen molar-refractivity contribution in [3.8, 4) is 0 Å². The molecule has 4 nitrogen and oxygen atoms in total. The number of nitrogens with zero attached hydrogens (tertiary/aromatic N) is 2. The maximum atomic E-state index is 12.1. The number of anilines is 1. The molecule has 2 rings (SSSR count). The van der Waals surface area contributed by atoms with E-state index in [0.717, 1.165) is 25.3 Å². The van der Waals surface area contributed by atoms with Gasteiger partial charge >= 0.3 is 0 Å². The van der Waals surface area contributed by atoms with Gasteiger partial charge in [0.1, 0.15) is 5.82 Å². The molecule has 1 amide bonds. The molecule has 1 aliphatic heterocycles. The Morgan fingerprint density at radius 1 is 1.56 bits per heavy atom. The molecule has 4 heteroatoms. The summed E-state index contributed by atoms with van der Waals surface area (Å²) in [6, 6.07) is 3.65. The number of carbonyl (C=O) groups is 1. The average molecular weight is 219 g/mol. The summed E-state index contributed by atoms with van der Waals surface area (Å²) in [6.07, 6.45) is 2.74. The van der Waals surface area contributed by atoms with E-state index in [2.05, 4.69) is 17.2 Å². The molecule has 0 aliphatic carbocycles. The van der Waals surface area contributed by atoms with Gasteiger partial charge in [-0.25, -0.2) is 4.98 Å². The van der Waals surface area contributed by atoms with Crippen molar-refractivity contribution in [2.45, 2.75) is 13.3 Å². The molecule has 1 N–H and O–H groups in total. The van der Waals surface area contributed by atoms with Crippen LogP contribution in [0.2, 0.25) is 0 Å². The Kier molecular flexibility index (Phi) is 3.08. The minimum absolute atomic E-state index is 0.0968. The van der Waals surface area contributed by atoms with Crippen LogP contribution >= 0.6 is 0 Å². The van der Waals surface area contributed by atoms with Crippen LogP contribution in [0.5, 0.6) is 0 Å². The third-order valence-electron chi connectivity index (χ3n) is 2.98. The largest absolute Gasteiger partial charge is 0.373 e. The van der Waals surface area contributed by atoms with Crippen LogP contribution in [-0.4, -0.2) is 35.9 Å². The Hall–Kier alpha value is -1.58. The van der Waals surface area contributed by atoms with Crippen molar-refractivity contribution in [1.29, 1.82) is 0 Å². The molecule has 1 fully saturated rings. The molecule has 1 unspecified atom stereocenters. The van der Waals surface area contributed by atoms with E-state index in [9.17, 15) is 4.79 Å². The molecule has 1 saturated heterocycles. The lowest BCUT2D eigenvalue weighted by Gasteiger charge is -2.15. The van der Waals surface area contributed by atoms with Crippen LogP contribution in [0.15, 0.2) is 18.3 Å². The zero-order valence-corrected chi connectivity index (χ0v) is 9.73. The average Bonchev–Trinajstić information content (AvgIpc) is 2.75. The van der Waals surface area contributed by atoms with E-state index in [1.54, 1.807) is 6.20 Å². The van der Waals surface area contributed by atoms with E-state index >= 15 is 0 Å². The summed E-state index contributed by atoms with van der Waals surface area (Å²) < 4.78 is 0. The molecule has 0 saturated carbocycles. The predicted molar refractivity (Wildman–Crippen MR) is 63.5 cm³/mol. The monoisotopic (exact) mass is 219 g/mol. The highest BCUT2D eigenvalue weighted by atomic mass is 16.2. The SMILES string of the molecule is CNc1ccc(C(=O)N2CCC(C)C2)cn1. The second kappa shape index (κ2) is 4.51. The summed E-state index contributed by atoms with van der Waals surface area (Å²) in [5.41, 5.74) is 0.674. The summed E-state index contributed by atoms with van der Waals surface area (Å²) in [6.45, 7) is 3.91. The molecule has 0 spiro atoms. The standard InChI is InChI=1S/C12H17N3O/c1-9-5-6-15(8-9)12(16)10-3-4-11(13-2)14-7-10/h3-4,7,9H,5-6,8H2,1-2H3,(H,13,14). The molecular formula is C12H17N3O. The normalized spacial score (nSPS) is 19.9. The van der Waals surface area contributed by atoms with Crippen molar-refractivity contribution >= 4 is 11.7 Å². The number of hydrogen-bond donors (Lipinski definition) is 1. The van der Waals surface area contributed by atoms with Gasteiger partial charge in [0, 0.05) is 26.3 Å². The van der Waals surface area contributed by atoms with Crippen molar-refractivity contribution in [1.82, 2.24) is 9.88 Å². The molecule has 86 valence electrons. The summed E-state index contributed by atoms with van der Waals surface area (Å²) in [5.74, 6) is 1.50. The zero-order valence-electron chi connectivity index (χ0n) is 9.73. The molecule has 0 bridgehead atoms. The molecule has 1 aromatic heterocycles. The number of aromatic nitrogens is 1. The highest BCUT2D eigenvalue weighted by Gasteiger charge is 2.24. The van der Waals surface area contributed by atoms with Crippen LogP contribution in [0.3, 0.4) is 0 Å². The molecule has 1 aliphatic rings. The first kappa shape index (κ1) is 10.9. The minimum Gasteiger partial charge on any atom is -0.373 e. The topological polar surface area (TPSA) is 45.2 Å². The van der Waals surface area contributed by atoms with E-state index in [4.69, 9.17) is 0 Å². The van der Waals surface area contributed by atoms with Crippen LogP contribution in [0.4, 0.5) is 5.82 Å². The van der Waals surface area contributed by atoms with Crippen molar-refractivity contribution in [3.63, 3.8) is 0 Å². The molecule has 1 atom stereocenters. The van der Waals surface area contributed by atoms with Crippen molar-refractivity contribution < 1.29 is 4.79 Å². The maximum Gasteiger partial charge on any atom is 0.255 e. The van der Waals surface area contributed by atoms with Gasteiger partial charge in [0.15, 0.2) is 0 Å². The smallest absolute Gasteiger partial charge is 0.255 e. The Labute approximate surface area is 95.7 Å². The summed E-state index contributed by atoms with van der Waals surface area (Å²) in [7, 11) is 1.81. The molecule has 0 aromatic carbocycles.